The van der Waals surface area contributed by atoms with E-state index in [4.69, 9.17) is 9.47 Å². The van der Waals surface area contributed by atoms with Gasteiger partial charge in [0.15, 0.2) is 11.5 Å². The molecule has 1 saturated heterocycles. The smallest absolute Gasteiger partial charge is 0.231 e. The van der Waals surface area contributed by atoms with Crippen LogP contribution in [0.5, 0.6) is 11.5 Å². The van der Waals surface area contributed by atoms with Crippen LogP contribution in [-0.2, 0) is 16.0 Å². The molecule has 0 spiro atoms. The molecule has 2 aromatic rings. The van der Waals surface area contributed by atoms with Gasteiger partial charge in [-0.1, -0.05) is 31.2 Å². The maximum absolute atomic E-state index is 12.8. The molecule has 4 rings (SSSR count). The number of hydrogen-bond donors (Lipinski definition) is 1. The first kappa shape index (κ1) is 18.3. The summed E-state index contributed by atoms with van der Waals surface area (Å²) in [5.74, 6) is 0.951. The number of carbonyl (C=O) groups excluding carboxylic acids is 2. The summed E-state index contributed by atoms with van der Waals surface area (Å²) in [6.07, 6.45) is 1.08. The average molecular weight is 380 g/mol. The second kappa shape index (κ2) is 7.54. The van der Waals surface area contributed by atoms with E-state index in [1.807, 2.05) is 49.4 Å². The van der Waals surface area contributed by atoms with Gasteiger partial charge in [0.2, 0.25) is 18.6 Å². The van der Waals surface area contributed by atoms with Crippen LogP contribution < -0.4 is 19.7 Å². The number of amides is 2. The number of carbonyl (C=O) groups is 2. The van der Waals surface area contributed by atoms with Crippen molar-refractivity contribution >= 4 is 17.5 Å². The van der Waals surface area contributed by atoms with Gasteiger partial charge < -0.3 is 19.7 Å². The molecule has 6 nitrogen and oxygen atoms in total. The van der Waals surface area contributed by atoms with Crippen molar-refractivity contribution in [2.24, 2.45) is 5.92 Å². The molecule has 2 unspecified atom stereocenters. The summed E-state index contributed by atoms with van der Waals surface area (Å²) in [4.78, 5) is 27.1. The van der Waals surface area contributed by atoms with Crippen LogP contribution >= 0.6 is 0 Å². The number of benzene rings is 2. The second-order valence-corrected chi connectivity index (χ2v) is 7.23. The lowest BCUT2D eigenvalue weighted by molar-refractivity contribution is -0.126. The van der Waals surface area contributed by atoms with Crippen LogP contribution in [0.15, 0.2) is 42.5 Å². The quantitative estimate of drug-likeness (QED) is 0.865. The highest BCUT2D eigenvalue weighted by atomic mass is 16.7. The van der Waals surface area contributed by atoms with Crippen molar-refractivity contribution in [1.29, 1.82) is 0 Å². The molecule has 2 aliphatic rings. The van der Waals surface area contributed by atoms with Crippen LogP contribution in [0.3, 0.4) is 0 Å². The first-order valence-corrected chi connectivity index (χ1v) is 9.65. The number of fused-ring (bicyclic) bond motifs is 1. The third-order valence-electron chi connectivity index (χ3n) is 5.41. The van der Waals surface area contributed by atoms with E-state index >= 15 is 0 Å². The molecule has 1 N–H and O–H groups in total. The van der Waals surface area contributed by atoms with Gasteiger partial charge in [-0.25, -0.2) is 0 Å². The van der Waals surface area contributed by atoms with Crippen molar-refractivity contribution in [2.45, 2.75) is 32.7 Å². The van der Waals surface area contributed by atoms with Crippen molar-refractivity contribution in [3.05, 3.63) is 53.6 Å². The first-order valence-electron chi connectivity index (χ1n) is 9.65. The predicted octanol–water partition coefficient (Wildman–Crippen LogP) is 3.21. The zero-order valence-electron chi connectivity index (χ0n) is 16.1. The summed E-state index contributed by atoms with van der Waals surface area (Å²) in [6.45, 7) is 4.63. The zero-order chi connectivity index (χ0) is 19.7. The minimum absolute atomic E-state index is 0.00298. The summed E-state index contributed by atoms with van der Waals surface area (Å²) in [5.41, 5.74) is 2.97. The van der Waals surface area contributed by atoms with E-state index in [9.17, 15) is 9.59 Å². The van der Waals surface area contributed by atoms with Crippen molar-refractivity contribution in [1.82, 2.24) is 5.32 Å². The summed E-state index contributed by atoms with van der Waals surface area (Å²) in [5, 5.41) is 3.04. The fourth-order valence-corrected chi connectivity index (χ4v) is 3.79. The fraction of sp³-hybridized carbons (Fsp3) is 0.364. The van der Waals surface area contributed by atoms with Crippen molar-refractivity contribution < 1.29 is 19.1 Å². The molecule has 2 heterocycles. The first-order chi connectivity index (χ1) is 13.6. The third-order valence-corrected chi connectivity index (χ3v) is 5.41. The molecule has 146 valence electrons. The van der Waals surface area contributed by atoms with E-state index in [2.05, 4.69) is 12.2 Å². The highest BCUT2D eigenvalue weighted by Crippen LogP contribution is 2.34. The maximum atomic E-state index is 12.8. The number of para-hydroxylation sites is 1. The lowest BCUT2D eigenvalue weighted by Crippen LogP contribution is -2.34. The Bertz CT molecular complexity index is 911. The van der Waals surface area contributed by atoms with Crippen molar-refractivity contribution in [3.8, 4) is 11.5 Å². The highest BCUT2D eigenvalue weighted by molar-refractivity contribution is 6.00. The van der Waals surface area contributed by atoms with Crippen molar-refractivity contribution in [2.75, 3.05) is 18.2 Å². The molecular weight excluding hydrogens is 356 g/mol. The van der Waals surface area contributed by atoms with Gasteiger partial charge in [-0.05, 0) is 42.7 Å². The van der Waals surface area contributed by atoms with Crippen LogP contribution in [0, 0.1) is 5.92 Å². The zero-order valence-corrected chi connectivity index (χ0v) is 16.1. The van der Waals surface area contributed by atoms with Gasteiger partial charge in [-0.2, -0.15) is 0 Å². The lowest BCUT2D eigenvalue weighted by Gasteiger charge is -2.21. The molecule has 2 atom stereocenters. The Labute approximate surface area is 164 Å². The molecular formula is C22H24N2O4. The molecule has 6 heteroatoms. The van der Waals surface area contributed by atoms with Crippen molar-refractivity contribution in [3.63, 3.8) is 0 Å². The number of nitrogens with one attached hydrogen (secondary N) is 1. The van der Waals surface area contributed by atoms with Crippen LogP contribution in [0.2, 0.25) is 0 Å². The largest absolute Gasteiger partial charge is 0.454 e. The Morgan fingerprint density at radius 3 is 2.82 bits per heavy atom. The van der Waals surface area contributed by atoms with Crippen LogP contribution in [0.4, 0.5) is 5.69 Å². The minimum atomic E-state index is -0.353. The summed E-state index contributed by atoms with van der Waals surface area (Å²) in [6, 6.07) is 13.3. The number of aryl methyl sites for hydroxylation is 1. The Morgan fingerprint density at radius 1 is 1.21 bits per heavy atom. The molecule has 0 bridgehead atoms. The number of hydrogen-bond acceptors (Lipinski definition) is 4. The highest BCUT2D eigenvalue weighted by Gasteiger charge is 2.36. The summed E-state index contributed by atoms with van der Waals surface area (Å²) >= 11 is 0. The SMILES string of the molecule is CCc1ccccc1N1CC(C(=O)NC(C)c2ccc3c(c2)OCO3)CC1=O. The van der Waals surface area contributed by atoms with E-state index in [1.165, 1.54) is 0 Å². The number of ether oxygens (including phenoxy) is 2. The third kappa shape index (κ3) is 3.42. The normalized spacial score (nSPS) is 19.0. The van der Waals surface area contributed by atoms with E-state index < -0.39 is 0 Å². The lowest BCUT2D eigenvalue weighted by atomic mass is 10.0. The average Bonchev–Trinajstić information content (AvgIpc) is 3.33. The number of rotatable bonds is 5. The van der Waals surface area contributed by atoms with Gasteiger partial charge in [0.05, 0.1) is 12.0 Å². The fourth-order valence-electron chi connectivity index (χ4n) is 3.79. The number of anilines is 1. The van der Waals surface area contributed by atoms with Gasteiger partial charge in [0.1, 0.15) is 0 Å². The second-order valence-electron chi connectivity index (χ2n) is 7.23. The Balaban J connectivity index is 1.43. The Morgan fingerprint density at radius 2 is 2.00 bits per heavy atom. The van der Waals surface area contributed by atoms with Crippen LogP contribution in [0.1, 0.15) is 37.4 Å². The molecule has 2 amide bonds. The van der Waals surface area contributed by atoms with Gasteiger partial charge in [0.25, 0.3) is 0 Å². The maximum Gasteiger partial charge on any atom is 0.231 e. The van der Waals surface area contributed by atoms with Gasteiger partial charge in [0, 0.05) is 18.7 Å². The molecule has 2 aliphatic heterocycles. The van der Waals surface area contributed by atoms with E-state index in [0.29, 0.717) is 18.0 Å². The van der Waals surface area contributed by atoms with E-state index in [0.717, 1.165) is 23.2 Å². The molecule has 0 aliphatic carbocycles. The Hall–Kier alpha value is -3.02. The van der Waals surface area contributed by atoms with Crippen LogP contribution in [0.25, 0.3) is 0 Å². The number of nitrogens with zero attached hydrogens (tertiary/aromatic N) is 1. The van der Waals surface area contributed by atoms with E-state index in [1.54, 1.807) is 4.90 Å². The molecule has 1 fully saturated rings. The monoisotopic (exact) mass is 380 g/mol. The van der Waals surface area contributed by atoms with Gasteiger partial charge >= 0.3 is 0 Å². The summed E-state index contributed by atoms with van der Waals surface area (Å²) in [7, 11) is 0. The standard InChI is InChI=1S/C22H24N2O4/c1-3-15-6-4-5-7-18(15)24-12-17(11-21(24)25)22(26)23-14(2)16-8-9-19-20(10-16)28-13-27-19/h4-10,14,17H,3,11-13H2,1-2H3,(H,23,26). The minimum Gasteiger partial charge on any atom is -0.454 e. The van der Waals surface area contributed by atoms with Gasteiger partial charge in [-0.3, -0.25) is 9.59 Å². The summed E-state index contributed by atoms with van der Waals surface area (Å²) < 4.78 is 10.7. The molecule has 0 saturated carbocycles. The molecule has 0 radical (unpaired) electrons. The predicted molar refractivity (Wildman–Crippen MR) is 105 cm³/mol. The van der Waals surface area contributed by atoms with Crippen LogP contribution in [-0.4, -0.2) is 25.2 Å². The molecule has 0 aromatic heterocycles. The molecule has 2 aromatic carbocycles. The Kier molecular flexibility index (Phi) is 4.94. The van der Waals surface area contributed by atoms with Gasteiger partial charge in [-0.15, -0.1) is 0 Å². The molecule has 28 heavy (non-hydrogen) atoms. The topological polar surface area (TPSA) is 67.9 Å². The van der Waals surface area contributed by atoms with E-state index in [-0.39, 0.29) is 37.0 Å².